The molecule has 3 atom stereocenters. The number of methoxy groups -OCH3 is 1. The molecule has 1 aromatic carbocycles. The number of benzene rings is 1. The van der Waals surface area contributed by atoms with Gasteiger partial charge in [0.15, 0.2) is 0 Å². The van der Waals surface area contributed by atoms with E-state index >= 15 is 0 Å². The van der Waals surface area contributed by atoms with Crippen molar-refractivity contribution in [2.75, 3.05) is 12.0 Å². The first-order chi connectivity index (χ1) is 14.4. The van der Waals surface area contributed by atoms with Crippen molar-refractivity contribution in [1.29, 1.82) is 0 Å². The fraction of sp³-hybridized carbons (Fsp3) is 0.565. The second kappa shape index (κ2) is 9.41. The van der Waals surface area contributed by atoms with Gasteiger partial charge in [-0.3, -0.25) is 4.79 Å². The largest absolute Gasteiger partial charge is 0.465 e. The number of fused-ring (bicyclic) bond motifs is 1. The van der Waals surface area contributed by atoms with Gasteiger partial charge in [-0.05, 0) is 37.5 Å². The van der Waals surface area contributed by atoms with E-state index in [2.05, 4.69) is 31.1 Å². The van der Waals surface area contributed by atoms with E-state index in [-0.39, 0.29) is 23.9 Å². The molecular formula is C23H32N4O3. The van der Waals surface area contributed by atoms with Gasteiger partial charge < -0.3 is 9.64 Å². The van der Waals surface area contributed by atoms with Crippen molar-refractivity contribution < 1.29 is 14.3 Å². The predicted octanol–water partition coefficient (Wildman–Crippen LogP) is 4.17. The molecule has 0 spiro atoms. The van der Waals surface area contributed by atoms with Crippen LogP contribution in [-0.4, -0.2) is 40.0 Å². The van der Waals surface area contributed by atoms with Crippen molar-refractivity contribution in [1.82, 2.24) is 15.0 Å². The van der Waals surface area contributed by atoms with E-state index in [1.165, 1.54) is 13.5 Å². The molecule has 30 heavy (non-hydrogen) atoms. The molecule has 0 saturated carbocycles. The molecule has 3 rings (SSSR count). The number of carbonyl (C=O) groups is 2. The minimum atomic E-state index is -0.393. The van der Waals surface area contributed by atoms with E-state index in [9.17, 15) is 9.59 Å². The molecule has 7 heteroatoms. The van der Waals surface area contributed by atoms with Crippen LogP contribution >= 0.6 is 0 Å². The number of aryl methyl sites for hydroxylation is 1. The zero-order valence-electron chi connectivity index (χ0n) is 18.6. The normalized spacial score (nSPS) is 20.7. The summed E-state index contributed by atoms with van der Waals surface area (Å²) in [6.45, 7) is 8.01. The van der Waals surface area contributed by atoms with Gasteiger partial charge >= 0.3 is 5.97 Å². The molecule has 1 aliphatic rings. The fourth-order valence-electron chi connectivity index (χ4n) is 4.62. The molecular weight excluding hydrogens is 380 g/mol. The fourth-order valence-corrected chi connectivity index (χ4v) is 4.62. The van der Waals surface area contributed by atoms with E-state index in [4.69, 9.17) is 4.74 Å². The number of amides is 1. The number of carbonyl (C=O) groups excluding carboxylic acids is 2. The van der Waals surface area contributed by atoms with Crippen molar-refractivity contribution in [2.45, 2.75) is 71.9 Å². The van der Waals surface area contributed by atoms with Crippen LogP contribution in [0.15, 0.2) is 24.4 Å². The van der Waals surface area contributed by atoms with Crippen LogP contribution in [0.2, 0.25) is 0 Å². The third-order valence-electron chi connectivity index (χ3n) is 6.10. The Morgan fingerprint density at radius 3 is 2.60 bits per heavy atom. The summed E-state index contributed by atoms with van der Waals surface area (Å²) in [6.07, 6.45) is 7.17. The van der Waals surface area contributed by atoms with Crippen LogP contribution in [0.1, 0.15) is 81.0 Å². The molecule has 162 valence electrons. The Labute approximate surface area is 178 Å². The van der Waals surface area contributed by atoms with Crippen LogP contribution in [0.5, 0.6) is 0 Å². The van der Waals surface area contributed by atoms with Crippen molar-refractivity contribution in [3.63, 3.8) is 0 Å². The maximum absolute atomic E-state index is 12.5. The van der Waals surface area contributed by atoms with Gasteiger partial charge in [-0.2, -0.15) is 0 Å². The van der Waals surface area contributed by atoms with Crippen LogP contribution in [0.25, 0.3) is 0 Å². The molecule has 0 radical (unpaired) electrons. The zero-order valence-corrected chi connectivity index (χ0v) is 18.6. The van der Waals surface area contributed by atoms with Crippen LogP contribution in [0, 0.1) is 5.92 Å². The van der Waals surface area contributed by atoms with Gasteiger partial charge in [0.25, 0.3) is 0 Å². The van der Waals surface area contributed by atoms with Crippen LogP contribution in [-0.2, 0) is 16.0 Å². The summed E-state index contributed by atoms with van der Waals surface area (Å²) < 4.78 is 6.83. The molecule has 1 amide bonds. The van der Waals surface area contributed by atoms with Gasteiger partial charge in [-0.25, -0.2) is 9.48 Å². The molecule has 1 unspecified atom stereocenters. The maximum atomic E-state index is 12.5. The Morgan fingerprint density at radius 1 is 1.20 bits per heavy atom. The summed E-state index contributed by atoms with van der Waals surface area (Å²) in [5.41, 5.74) is 3.17. The third kappa shape index (κ3) is 4.11. The lowest BCUT2D eigenvalue weighted by Crippen LogP contribution is -2.49. The Balaban J connectivity index is 2.09. The Hall–Kier alpha value is -2.70. The molecule has 0 aliphatic carbocycles. The topological polar surface area (TPSA) is 77.3 Å². The highest BCUT2D eigenvalue weighted by atomic mass is 16.5. The van der Waals surface area contributed by atoms with Gasteiger partial charge in [-0.1, -0.05) is 38.8 Å². The summed E-state index contributed by atoms with van der Waals surface area (Å²) in [7, 11) is 1.37. The number of ether oxygens (including phenoxy) is 1. The highest BCUT2D eigenvalue weighted by molar-refractivity contribution is 5.96. The minimum absolute atomic E-state index is 0.00179. The number of unbranched alkanes of at least 4 members (excludes halogenated alkanes) is 2. The first-order valence-corrected chi connectivity index (χ1v) is 10.9. The highest BCUT2D eigenvalue weighted by Gasteiger charge is 2.41. The monoisotopic (exact) mass is 412 g/mol. The van der Waals surface area contributed by atoms with E-state index in [0.29, 0.717) is 5.56 Å². The molecule has 0 saturated heterocycles. The van der Waals surface area contributed by atoms with E-state index in [0.717, 1.165) is 42.6 Å². The average Bonchev–Trinajstić information content (AvgIpc) is 3.20. The Morgan fingerprint density at radius 2 is 1.97 bits per heavy atom. The number of esters is 1. The summed E-state index contributed by atoms with van der Waals surface area (Å²) in [5, 5.41) is 8.84. The quantitative estimate of drug-likeness (QED) is 0.504. The second-order valence-electron chi connectivity index (χ2n) is 8.08. The molecule has 2 heterocycles. The second-order valence-corrected chi connectivity index (χ2v) is 8.08. The predicted molar refractivity (Wildman–Crippen MR) is 116 cm³/mol. The SMILES string of the molecule is CCCCCc1cn(C2c3cc(C(=O)OC)ccc3N(C(C)=O)[C@@H](CC)[C@H]2C)nn1. The number of aromatic nitrogens is 3. The summed E-state index contributed by atoms with van der Waals surface area (Å²) in [5.74, 6) is -0.294. The number of rotatable bonds is 7. The van der Waals surface area contributed by atoms with Gasteiger partial charge in [0, 0.05) is 36.3 Å². The molecule has 0 bridgehead atoms. The van der Waals surface area contributed by atoms with Crippen molar-refractivity contribution in [3.8, 4) is 0 Å². The van der Waals surface area contributed by atoms with Crippen molar-refractivity contribution >= 4 is 17.6 Å². The van der Waals surface area contributed by atoms with Crippen molar-refractivity contribution in [3.05, 3.63) is 41.2 Å². The minimum Gasteiger partial charge on any atom is -0.465 e. The standard InChI is InChI=1S/C23H32N4O3/c1-6-8-9-10-18-14-26(25-24-18)22-15(3)20(7-2)27(16(4)28)21-12-11-17(13-19(21)22)23(29)30-5/h11-15,20,22H,6-10H2,1-5H3/t15-,20+,22?/m1/s1. The zero-order chi connectivity index (χ0) is 21.8. The third-order valence-corrected chi connectivity index (χ3v) is 6.10. The van der Waals surface area contributed by atoms with Gasteiger partial charge in [0.2, 0.25) is 5.91 Å². The van der Waals surface area contributed by atoms with Crippen LogP contribution in [0.3, 0.4) is 0 Å². The summed E-state index contributed by atoms with van der Waals surface area (Å²) >= 11 is 0. The molecule has 7 nitrogen and oxygen atoms in total. The molecule has 0 fully saturated rings. The van der Waals surface area contributed by atoms with Gasteiger partial charge in [-0.15, -0.1) is 5.10 Å². The number of anilines is 1. The summed E-state index contributed by atoms with van der Waals surface area (Å²) in [4.78, 5) is 26.6. The molecule has 1 aromatic heterocycles. The number of nitrogens with zero attached hydrogens (tertiary/aromatic N) is 4. The Kier molecular flexibility index (Phi) is 6.90. The van der Waals surface area contributed by atoms with E-state index in [1.54, 1.807) is 13.0 Å². The molecule has 2 aromatic rings. The lowest BCUT2D eigenvalue weighted by Gasteiger charge is -2.44. The van der Waals surface area contributed by atoms with Crippen molar-refractivity contribution in [2.24, 2.45) is 5.92 Å². The lowest BCUT2D eigenvalue weighted by atomic mass is 9.80. The molecule has 0 N–H and O–H groups in total. The van der Waals surface area contributed by atoms with Gasteiger partial charge in [0.05, 0.1) is 24.4 Å². The lowest BCUT2D eigenvalue weighted by molar-refractivity contribution is -0.117. The smallest absolute Gasteiger partial charge is 0.337 e. The number of hydrogen-bond donors (Lipinski definition) is 0. The van der Waals surface area contributed by atoms with Crippen LogP contribution < -0.4 is 4.90 Å². The van der Waals surface area contributed by atoms with Crippen LogP contribution in [0.4, 0.5) is 5.69 Å². The average molecular weight is 413 g/mol. The van der Waals surface area contributed by atoms with Gasteiger partial charge in [0.1, 0.15) is 0 Å². The molecule has 1 aliphatic heterocycles. The summed E-state index contributed by atoms with van der Waals surface area (Å²) in [6, 6.07) is 5.33. The first-order valence-electron chi connectivity index (χ1n) is 10.9. The highest BCUT2D eigenvalue weighted by Crippen LogP contribution is 2.44. The van der Waals surface area contributed by atoms with E-state index < -0.39 is 5.97 Å². The number of hydrogen-bond acceptors (Lipinski definition) is 5. The first kappa shape index (κ1) is 22.0. The Bertz CT molecular complexity index is 908. The maximum Gasteiger partial charge on any atom is 0.337 e. The van der Waals surface area contributed by atoms with E-state index in [1.807, 2.05) is 27.9 Å².